The first kappa shape index (κ1) is 38.3. The van der Waals surface area contributed by atoms with Crippen LogP contribution in [0.2, 0.25) is 0 Å². The second-order valence-electron chi connectivity index (χ2n) is 15.3. The Hall–Kier alpha value is -5.53. The highest BCUT2D eigenvalue weighted by Crippen LogP contribution is 2.42. The molecule has 2 fully saturated rings. The van der Waals surface area contributed by atoms with Crippen LogP contribution in [-0.4, -0.2) is 83.9 Å². The lowest BCUT2D eigenvalue weighted by Crippen LogP contribution is -2.51. The maximum absolute atomic E-state index is 15.6. The summed E-state index contributed by atoms with van der Waals surface area (Å²) in [6.07, 6.45) is -0.783. The van der Waals surface area contributed by atoms with Gasteiger partial charge in [-0.3, -0.25) is 9.59 Å². The molecule has 0 aromatic heterocycles. The van der Waals surface area contributed by atoms with Crippen LogP contribution in [0.5, 0.6) is 23.0 Å². The van der Waals surface area contributed by atoms with Crippen molar-refractivity contribution in [3.05, 3.63) is 118 Å². The summed E-state index contributed by atoms with van der Waals surface area (Å²) in [7, 11) is 0. The number of hydrogen-bond donors (Lipinski definition) is 0. The van der Waals surface area contributed by atoms with E-state index >= 15 is 4.79 Å². The minimum atomic E-state index is -1.07. The second kappa shape index (κ2) is 15.4. The smallest absolute Gasteiger partial charge is 0.321 e. The van der Waals surface area contributed by atoms with Crippen LogP contribution in [0.3, 0.4) is 0 Å². The summed E-state index contributed by atoms with van der Waals surface area (Å²) >= 11 is 0. The minimum Gasteiger partial charge on any atom is -0.486 e. The molecule has 4 heterocycles. The number of amides is 2. The van der Waals surface area contributed by atoms with Gasteiger partial charge in [0.1, 0.15) is 50.3 Å². The van der Waals surface area contributed by atoms with Gasteiger partial charge in [-0.1, -0.05) is 24.3 Å². The van der Waals surface area contributed by atoms with E-state index in [4.69, 9.17) is 28.4 Å². The van der Waals surface area contributed by atoms with Crippen LogP contribution >= 0.6 is 0 Å². The monoisotopic (exact) mass is 782 g/mol. The van der Waals surface area contributed by atoms with Crippen molar-refractivity contribution in [2.75, 3.05) is 26.4 Å². The summed E-state index contributed by atoms with van der Waals surface area (Å²) < 4.78 is 66.7. The zero-order valence-corrected chi connectivity index (χ0v) is 32.2. The Morgan fingerprint density at radius 2 is 0.982 bits per heavy atom. The fourth-order valence-corrected chi connectivity index (χ4v) is 8.23. The maximum Gasteiger partial charge on any atom is 0.321 e. The molecule has 0 bridgehead atoms. The molecule has 0 saturated carbocycles. The van der Waals surface area contributed by atoms with Crippen LogP contribution in [0, 0.1) is 11.6 Å². The standard InChI is InChI=1S/C44H44F2N2O9/c1-25(49)31-17-29(5-9-33(31)45)23-47-35(19-27-7-11-37-39(21-27)54-15-13-52-37)41-42(57-44(3,4)56-41)36(20-28-8-12-38-40(22-28)55-16-14-53-38)48(43(47)51)24-30-6-10-34(46)32(18-30)26(2)50/h5-12,17-18,21-22,35-36,41-42H,13-16,19-20,23-24H2,1-4H3/t35-,36-,41+,42+/m1/s1. The summed E-state index contributed by atoms with van der Waals surface area (Å²) in [5.41, 5.74) is 2.58. The molecule has 57 heavy (non-hydrogen) atoms. The zero-order valence-electron chi connectivity index (χ0n) is 32.2. The van der Waals surface area contributed by atoms with Crippen LogP contribution in [0.15, 0.2) is 72.8 Å². The van der Waals surface area contributed by atoms with Crippen LogP contribution < -0.4 is 18.9 Å². The van der Waals surface area contributed by atoms with Crippen molar-refractivity contribution >= 4 is 17.6 Å². The maximum atomic E-state index is 15.6. The number of carbonyl (C=O) groups is 3. The Morgan fingerprint density at radius 1 is 0.596 bits per heavy atom. The van der Waals surface area contributed by atoms with E-state index in [-0.39, 0.29) is 24.2 Å². The molecule has 0 radical (unpaired) electrons. The summed E-state index contributed by atoms with van der Waals surface area (Å²) in [6.45, 7) is 7.88. The lowest BCUT2D eigenvalue weighted by molar-refractivity contribution is -0.157. The molecule has 4 aliphatic rings. The Bertz CT molecular complexity index is 2080. The van der Waals surface area contributed by atoms with E-state index in [2.05, 4.69) is 0 Å². The predicted molar refractivity (Wildman–Crippen MR) is 203 cm³/mol. The van der Waals surface area contributed by atoms with Crippen molar-refractivity contribution in [3.8, 4) is 23.0 Å². The Balaban J connectivity index is 1.27. The first-order valence-electron chi connectivity index (χ1n) is 19.1. The van der Waals surface area contributed by atoms with E-state index in [1.807, 2.05) is 50.2 Å². The Labute approximate surface area is 329 Å². The quantitative estimate of drug-likeness (QED) is 0.156. The highest BCUT2D eigenvalue weighted by molar-refractivity contribution is 5.95. The molecule has 11 nitrogen and oxygen atoms in total. The topological polar surface area (TPSA) is 113 Å². The number of benzene rings is 4. The fraction of sp³-hybridized carbons (Fsp3) is 0.386. The molecule has 8 rings (SSSR count). The van der Waals surface area contributed by atoms with Crippen molar-refractivity contribution in [1.82, 2.24) is 9.80 Å². The number of urea groups is 1. The third-order valence-corrected chi connectivity index (χ3v) is 10.8. The van der Waals surface area contributed by atoms with Gasteiger partial charge in [0, 0.05) is 13.1 Å². The molecule has 0 unspecified atom stereocenters. The third-order valence-electron chi connectivity index (χ3n) is 10.8. The molecule has 4 aromatic rings. The van der Waals surface area contributed by atoms with Gasteiger partial charge in [0.05, 0.1) is 23.2 Å². The molecule has 2 saturated heterocycles. The number of hydrogen-bond acceptors (Lipinski definition) is 9. The second-order valence-corrected chi connectivity index (χ2v) is 15.3. The van der Waals surface area contributed by atoms with E-state index in [1.54, 1.807) is 21.9 Å². The molecule has 0 N–H and O–H groups in total. The van der Waals surface area contributed by atoms with Gasteiger partial charge in [-0.15, -0.1) is 0 Å². The number of ether oxygens (including phenoxy) is 6. The molecule has 4 aliphatic heterocycles. The molecule has 4 aromatic carbocycles. The molecule has 298 valence electrons. The van der Waals surface area contributed by atoms with E-state index in [0.29, 0.717) is 73.4 Å². The zero-order chi connectivity index (χ0) is 40.0. The minimum absolute atomic E-state index is 0.0169. The van der Waals surface area contributed by atoms with Crippen molar-refractivity contribution in [2.24, 2.45) is 0 Å². The molecular weight excluding hydrogens is 738 g/mol. The van der Waals surface area contributed by atoms with Gasteiger partial charge in [-0.05, 0) is 111 Å². The Morgan fingerprint density at radius 3 is 1.39 bits per heavy atom. The van der Waals surface area contributed by atoms with E-state index in [0.717, 1.165) is 11.1 Å². The van der Waals surface area contributed by atoms with Gasteiger partial charge in [0.15, 0.2) is 40.4 Å². The summed E-state index contributed by atoms with van der Waals surface area (Å²) in [5.74, 6) is -0.860. The molecule has 4 atom stereocenters. The summed E-state index contributed by atoms with van der Waals surface area (Å²) in [5, 5.41) is 0. The van der Waals surface area contributed by atoms with Crippen LogP contribution in [0.25, 0.3) is 0 Å². The van der Waals surface area contributed by atoms with Crippen molar-refractivity contribution in [3.63, 3.8) is 0 Å². The average molecular weight is 783 g/mol. The van der Waals surface area contributed by atoms with E-state index in [9.17, 15) is 18.4 Å². The Kier molecular flexibility index (Phi) is 10.4. The van der Waals surface area contributed by atoms with Gasteiger partial charge in [0.25, 0.3) is 0 Å². The lowest BCUT2D eigenvalue weighted by atomic mass is 9.90. The number of halogens is 2. The SMILES string of the molecule is CC(=O)c1cc(CN2C(=O)N(Cc3ccc(F)c(C(C)=O)c3)[C@H](Cc3ccc4c(c3)OCCO4)[C@@H]3OC(C)(C)O[C@H]3[C@H]2Cc2ccc3c(c2)OCCO3)ccc1F. The normalized spacial score (nSPS) is 22.2. The predicted octanol–water partition coefficient (Wildman–Crippen LogP) is 7.09. The van der Waals surface area contributed by atoms with Gasteiger partial charge < -0.3 is 38.2 Å². The van der Waals surface area contributed by atoms with Crippen molar-refractivity contribution in [2.45, 2.75) is 83.7 Å². The number of ketones is 2. The lowest BCUT2D eigenvalue weighted by Gasteiger charge is -2.37. The highest BCUT2D eigenvalue weighted by Gasteiger charge is 2.55. The third kappa shape index (κ3) is 7.91. The van der Waals surface area contributed by atoms with Crippen LogP contribution in [-0.2, 0) is 35.4 Å². The first-order valence-corrected chi connectivity index (χ1v) is 19.1. The molecule has 0 aliphatic carbocycles. The van der Waals surface area contributed by atoms with Crippen LogP contribution in [0.1, 0.15) is 70.7 Å². The first-order chi connectivity index (χ1) is 27.3. The van der Waals surface area contributed by atoms with Crippen molar-refractivity contribution < 1.29 is 51.6 Å². The fourth-order valence-electron chi connectivity index (χ4n) is 8.23. The summed E-state index contributed by atoms with van der Waals surface area (Å²) in [4.78, 5) is 43.9. The average Bonchev–Trinajstić information content (AvgIpc) is 3.49. The number of rotatable bonds is 10. The molecular formula is C44H44F2N2O9. The number of nitrogens with zero attached hydrogens (tertiary/aromatic N) is 2. The number of fused-ring (bicyclic) bond motifs is 3. The number of Topliss-reactive ketones (excluding diaryl/α,β-unsaturated/α-hetero) is 2. The van der Waals surface area contributed by atoms with Gasteiger partial charge >= 0.3 is 6.03 Å². The molecule has 13 heteroatoms. The van der Waals surface area contributed by atoms with E-state index in [1.165, 1.54) is 38.1 Å². The van der Waals surface area contributed by atoms with Gasteiger partial charge in [0.2, 0.25) is 0 Å². The van der Waals surface area contributed by atoms with Crippen molar-refractivity contribution in [1.29, 1.82) is 0 Å². The largest absolute Gasteiger partial charge is 0.486 e. The van der Waals surface area contributed by atoms with Gasteiger partial charge in [-0.25, -0.2) is 13.6 Å². The molecule has 0 spiro atoms. The van der Waals surface area contributed by atoms with E-state index < -0.39 is 59.3 Å². The van der Waals surface area contributed by atoms with Crippen LogP contribution in [0.4, 0.5) is 13.6 Å². The molecule has 2 amide bonds. The van der Waals surface area contributed by atoms with Gasteiger partial charge in [-0.2, -0.15) is 0 Å². The highest BCUT2D eigenvalue weighted by atomic mass is 19.1. The summed E-state index contributed by atoms with van der Waals surface area (Å²) in [6, 6.07) is 18.1. The number of carbonyl (C=O) groups excluding carboxylic acids is 3.